The van der Waals surface area contributed by atoms with E-state index < -0.39 is 0 Å². The number of hydrogen-bond donors (Lipinski definition) is 2. The molecule has 1 saturated carbocycles. The van der Waals surface area contributed by atoms with Crippen LogP contribution in [0.25, 0.3) is 0 Å². The summed E-state index contributed by atoms with van der Waals surface area (Å²) in [6.07, 6.45) is 3.74. The Kier molecular flexibility index (Phi) is 5.40. The molecule has 2 N–H and O–H groups in total. The summed E-state index contributed by atoms with van der Waals surface area (Å²) in [5.41, 5.74) is 2.03. The van der Waals surface area contributed by atoms with Crippen molar-refractivity contribution >= 4 is 11.6 Å². The summed E-state index contributed by atoms with van der Waals surface area (Å²) in [5.74, 6) is 1.42. The fraction of sp³-hybridized carbons (Fsp3) is 0.611. The quantitative estimate of drug-likeness (QED) is 0.886. The third-order valence-electron chi connectivity index (χ3n) is 4.85. The van der Waals surface area contributed by atoms with E-state index in [0.717, 1.165) is 17.2 Å². The van der Waals surface area contributed by atoms with E-state index in [2.05, 4.69) is 24.5 Å². The van der Waals surface area contributed by atoms with E-state index >= 15 is 0 Å². The van der Waals surface area contributed by atoms with Crippen molar-refractivity contribution in [1.82, 2.24) is 5.32 Å². The molecule has 1 aliphatic carbocycles. The van der Waals surface area contributed by atoms with Gasteiger partial charge in [0.15, 0.2) is 0 Å². The highest BCUT2D eigenvalue weighted by Gasteiger charge is 2.29. The van der Waals surface area contributed by atoms with Gasteiger partial charge >= 0.3 is 0 Å². The van der Waals surface area contributed by atoms with Crippen LogP contribution in [0.3, 0.4) is 0 Å². The SMILES string of the molecule is Cc1cccc(NC(=O)[C@H](C)N[C@H]2CCC[C@H](C)[C@@H]2C)c1. The first kappa shape index (κ1) is 16.0. The van der Waals surface area contributed by atoms with Gasteiger partial charge < -0.3 is 10.6 Å². The highest BCUT2D eigenvalue weighted by atomic mass is 16.2. The maximum Gasteiger partial charge on any atom is 0.241 e. The fourth-order valence-corrected chi connectivity index (χ4v) is 3.19. The molecule has 1 aliphatic rings. The molecular weight excluding hydrogens is 260 g/mol. The van der Waals surface area contributed by atoms with Crippen LogP contribution in [0.5, 0.6) is 0 Å². The van der Waals surface area contributed by atoms with E-state index in [1.54, 1.807) is 0 Å². The normalized spacial score (nSPS) is 27.1. The second kappa shape index (κ2) is 7.08. The van der Waals surface area contributed by atoms with Gasteiger partial charge in [0.05, 0.1) is 6.04 Å². The highest BCUT2D eigenvalue weighted by Crippen LogP contribution is 2.29. The lowest BCUT2D eigenvalue weighted by Gasteiger charge is -2.36. The van der Waals surface area contributed by atoms with Crippen molar-refractivity contribution in [2.45, 2.75) is 59.0 Å². The average Bonchev–Trinajstić information content (AvgIpc) is 2.44. The van der Waals surface area contributed by atoms with Crippen LogP contribution in [-0.4, -0.2) is 18.0 Å². The van der Waals surface area contributed by atoms with Crippen molar-refractivity contribution in [2.24, 2.45) is 11.8 Å². The molecule has 1 fully saturated rings. The zero-order chi connectivity index (χ0) is 15.4. The molecule has 3 heteroatoms. The lowest BCUT2D eigenvalue weighted by atomic mass is 9.78. The summed E-state index contributed by atoms with van der Waals surface area (Å²) in [6, 6.07) is 8.21. The van der Waals surface area contributed by atoms with Crippen LogP contribution >= 0.6 is 0 Å². The number of carbonyl (C=O) groups is 1. The Bertz CT molecular complexity index is 486. The molecule has 0 heterocycles. The summed E-state index contributed by atoms with van der Waals surface area (Å²) in [7, 11) is 0. The Hall–Kier alpha value is -1.35. The molecule has 1 amide bonds. The third kappa shape index (κ3) is 4.31. The number of anilines is 1. The van der Waals surface area contributed by atoms with Gasteiger partial charge in [-0.1, -0.05) is 38.8 Å². The summed E-state index contributed by atoms with van der Waals surface area (Å²) in [6.45, 7) is 8.60. The van der Waals surface area contributed by atoms with Crippen LogP contribution in [0.2, 0.25) is 0 Å². The number of amides is 1. The van der Waals surface area contributed by atoms with Gasteiger partial charge in [0, 0.05) is 11.7 Å². The summed E-state index contributed by atoms with van der Waals surface area (Å²) >= 11 is 0. The summed E-state index contributed by atoms with van der Waals surface area (Å²) < 4.78 is 0. The molecule has 0 bridgehead atoms. The minimum Gasteiger partial charge on any atom is -0.325 e. The first-order chi connectivity index (χ1) is 9.97. The van der Waals surface area contributed by atoms with Crippen LogP contribution in [0.4, 0.5) is 5.69 Å². The molecule has 0 radical (unpaired) electrons. The Morgan fingerprint density at radius 1 is 1.29 bits per heavy atom. The maximum atomic E-state index is 12.3. The highest BCUT2D eigenvalue weighted by molar-refractivity contribution is 5.94. The molecular formula is C18H28N2O. The van der Waals surface area contributed by atoms with Crippen molar-refractivity contribution in [3.05, 3.63) is 29.8 Å². The minimum absolute atomic E-state index is 0.0472. The van der Waals surface area contributed by atoms with Gasteiger partial charge in [-0.05, 0) is 49.8 Å². The number of benzene rings is 1. The Balaban J connectivity index is 1.90. The smallest absolute Gasteiger partial charge is 0.241 e. The number of nitrogens with one attached hydrogen (secondary N) is 2. The van der Waals surface area contributed by atoms with Crippen molar-refractivity contribution < 1.29 is 4.79 Å². The Morgan fingerprint density at radius 3 is 2.76 bits per heavy atom. The third-order valence-corrected chi connectivity index (χ3v) is 4.85. The standard InChI is InChI=1S/C18H28N2O/c1-12-7-5-9-16(11-12)20-18(21)15(4)19-17-10-6-8-13(2)14(17)3/h5,7,9,11,13-15,17,19H,6,8,10H2,1-4H3,(H,20,21)/t13-,14-,15-,17-/m0/s1. The van der Waals surface area contributed by atoms with Gasteiger partial charge in [0.1, 0.15) is 0 Å². The van der Waals surface area contributed by atoms with Gasteiger partial charge in [-0.3, -0.25) is 4.79 Å². The maximum absolute atomic E-state index is 12.3. The monoisotopic (exact) mass is 288 g/mol. The summed E-state index contributed by atoms with van der Waals surface area (Å²) in [4.78, 5) is 12.3. The molecule has 0 spiro atoms. The molecule has 0 saturated heterocycles. The van der Waals surface area contributed by atoms with E-state index in [0.29, 0.717) is 12.0 Å². The molecule has 0 unspecified atom stereocenters. The number of aryl methyl sites for hydroxylation is 1. The molecule has 0 aromatic heterocycles. The van der Waals surface area contributed by atoms with Crippen LogP contribution in [0.15, 0.2) is 24.3 Å². The zero-order valence-corrected chi connectivity index (χ0v) is 13.6. The van der Waals surface area contributed by atoms with Gasteiger partial charge in [-0.2, -0.15) is 0 Å². The van der Waals surface area contributed by atoms with E-state index in [1.807, 2.05) is 38.1 Å². The number of rotatable bonds is 4. The van der Waals surface area contributed by atoms with E-state index in [4.69, 9.17) is 0 Å². The predicted octanol–water partition coefficient (Wildman–Crippen LogP) is 3.74. The topological polar surface area (TPSA) is 41.1 Å². The molecule has 1 aromatic rings. The molecule has 3 nitrogen and oxygen atoms in total. The van der Waals surface area contributed by atoms with E-state index in [1.165, 1.54) is 19.3 Å². The van der Waals surface area contributed by atoms with Crippen LogP contribution in [0.1, 0.15) is 45.6 Å². The van der Waals surface area contributed by atoms with Crippen molar-refractivity contribution in [3.63, 3.8) is 0 Å². The van der Waals surface area contributed by atoms with Gasteiger partial charge in [0.25, 0.3) is 0 Å². The molecule has 2 rings (SSSR count). The van der Waals surface area contributed by atoms with Crippen molar-refractivity contribution in [3.8, 4) is 0 Å². The van der Waals surface area contributed by atoms with Crippen LogP contribution in [0, 0.1) is 18.8 Å². The van der Waals surface area contributed by atoms with E-state index in [-0.39, 0.29) is 11.9 Å². The largest absolute Gasteiger partial charge is 0.325 e. The van der Waals surface area contributed by atoms with Crippen molar-refractivity contribution in [2.75, 3.05) is 5.32 Å². The van der Waals surface area contributed by atoms with Crippen LogP contribution < -0.4 is 10.6 Å². The second-order valence-electron chi connectivity index (χ2n) is 6.62. The van der Waals surface area contributed by atoms with Crippen LogP contribution in [-0.2, 0) is 4.79 Å². The fourth-order valence-electron chi connectivity index (χ4n) is 3.19. The van der Waals surface area contributed by atoms with Gasteiger partial charge in [-0.25, -0.2) is 0 Å². The Morgan fingerprint density at radius 2 is 2.05 bits per heavy atom. The first-order valence-corrected chi connectivity index (χ1v) is 8.11. The molecule has 1 aromatic carbocycles. The number of carbonyl (C=O) groups excluding carboxylic acids is 1. The predicted molar refractivity (Wildman–Crippen MR) is 88.4 cm³/mol. The molecule has 4 atom stereocenters. The van der Waals surface area contributed by atoms with Crippen molar-refractivity contribution in [1.29, 1.82) is 0 Å². The van der Waals surface area contributed by atoms with Gasteiger partial charge in [-0.15, -0.1) is 0 Å². The zero-order valence-electron chi connectivity index (χ0n) is 13.6. The van der Waals surface area contributed by atoms with E-state index in [9.17, 15) is 4.79 Å². The second-order valence-corrected chi connectivity index (χ2v) is 6.62. The lowest BCUT2D eigenvalue weighted by Crippen LogP contribution is -2.49. The molecule has 21 heavy (non-hydrogen) atoms. The number of hydrogen-bond acceptors (Lipinski definition) is 2. The summed E-state index contributed by atoms with van der Waals surface area (Å²) in [5, 5.41) is 6.52. The lowest BCUT2D eigenvalue weighted by molar-refractivity contribution is -0.118. The minimum atomic E-state index is -0.164. The molecule has 116 valence electrons. The average molecular weight is 288 g/mol. The molecule has 0 aliphatic heterocycles. The first-order valence-electron chi connectivity index (χ1n) is 8.11. The van der Waals surface area contributed by atoms with Gasteiger partial charge in [0.2, 0.25) is 5.91 Å². The Labute approximate surface area is 128 Å².